The van der Waals surface area contributed by atoms with Crippen LogP contribution in [0, 0.1) is 0 Å². The van der Waals surface area contributed by atoms with Gasteiger partial charge in [-0.05, 0) is 48.4 Å². The average Bonchev–Trinajstić information content (AvgIpc) is 2.61. The number of anilines is 2. The first kappa shape index (κ1) is 18.3. The van der Waals surface area contributed by atoms with Gasteiger partial charge in [0.05, 0.1) is 14.2 Å². The Balaban J connectivity index is 1.91. The van der Waals surface area contributed by atoms with Gasteiger partial charge in [0.2, 0.25) is 11.8 Å². The molecule has 0 aliphatic carbocycles. The van der Waals surface area contributed by atoms with Gasteiger partial charge < -0.3 is 20.1 Å². The molecule has 0 aliphatic heterocycles. The summed E-state index contributed by atoms with van der Waals surface area (Å²) in [6.45, 7) is 1.45. The number of carbonyl (C=O) groups is 2. The molecule has 0 bridgehead atoms. The van der Waals surface area contributed by atoms with Gasteiger partial charge in [0.15, 0.2) is 0 Å². The number of amides is 2. The molecule has 0 fully saturated rings. The molecular weight excluding hydrogens is 320 g/mol. The zero-order chi connectivity index (χ0) is 18.2. The Morgan fingerprint density at radius 2 is 1.40 bits per heavy atom. The van der Waals surface area contributed by atoms with Crippen molar-refractivity contribution >= 4 is 23.2 Å². The van der Waals surface area contributed by atoms with Gasteiger partial charge in [0.25, 0.3) is 0 Å². The number of rotatable bonds is 7. The number of aryl methyl sites for hydroxylation is 1. The van der Waals surface area contributed by atoms with Crippen molar-refractivity contribution in [3.63, 3.8) is 0 Å². The lowest BCUT2D eigenvalue weighted by atomic mass is 10.1. The smallest absolute Gasteiger partial charge is 0.224 e. The molecule has 132 valence electrons. The third kappa shape index (κ3) is 5.84. The Bertz CT molecular complexity index is 719. The topological polar surface area (TPSA) is 76.7 Å². The maximum absolute atomic E-state index is 12.1. The maximum Gasteiger partial charge on any atom is 0.224 e. The molecule has 0 saturated carbocycles. The summed E-state index contributed by atoms with van der Waals surface area (Å²) in [5, 5.41) is 5.51. The van der Waals surface area contributed by atoms with Crippen molar-refractivity contribution in [1.82, 2.24) is 0 Å². The Morgan fingerprint density at radius 3 is 1.88 bits per heavy atom. The number of methoxy groups -OCH3 is 2. The highest BCUT2D eigenvalue weighted by Crippen LogP contribution is 2.23. The van der Waals surface area contributed by atoms with E-state index in [4.69, 9.17) is 9.47 Å². The van der Waals surface area contributed by atoms with Gasteiger partial charge in [-0.15, -0.1) is 0 Å². The maximum atomic E-state index is 12.1. The number of hydrogen-bond acceptors (Lipinski definition) is 4. The van der Waals surface area contributed by atoms with Crippen molar-refractivity contribution in [3.05, 3.63) is 48.0 Å². The second-order valence-corrected chi connectivity index (χ2v) is 5.53. The molecule has 2 amide bonds. The normalized spacial score (nSPS) is 10.0. The van der Waals surface area contributed by atoms with Gasteiger partial charge in [-0.3, -0.25) is 9.59 Å². The molecule has 25 heavy (non-hydrogen) atoms. The van der Waals surface area contributed by atoms with Gasteiger partial charge in [-0.25, -0.2) is 0 Å². The zero-order valence-corrected chi connectivity index (χ0v) is 14.6. The van der Waals surface area contributed by atoms with Crippen LogP contribution in [0.25, 0.3) is 0 Å². The van der Waals surface area contributed by atoms with E-state index in [1.165, 1.54) is 6.92 Å². The molecule has 0 spiro atoms. The Kier molecular flexibility index (Phi) is 6.39. The van der Waals surface area contributed by atoms with Crippen LogP contribution in [0.5, 0.6) is 11.5 Å². The van der Waals surface area contributed by atoms with Crippen molar-refractivity contribution in [2.75, 3.05) is 24.9 Å². The molecule has 6 heteroatoms. The molecule has 0 radical (unpaired) electrons. The second kappa shape index (κ2) is 8.73. The van der Waals surface area contributed by atoms with E-state index in [1.54, 1.807) is 44.6 Å². The monoisotopic (exact) mass is 342 g/mol. The van der Waals surface area contributed by atoms with E-state index < -0.39 is 0 Å². The molecule has 0 aromatic heterocycles. The molecule has 0 aliphatic rings. The molecule has 2 aromatic rings. The highest BCUT2D eigenvalue weighted by atomic mass is 16.5. The van der Waals surface area contributed by atoms with Gasteiger partial charge >= 0.3 is 0 Å². The van der Waals surface area contributed by atoms with Crippen LogP contribution < -0.4 is 20.1 Å². The lowest BCUT2D eigenvalue weighted by molar-refractivity contribution is -0.116. The van der Waals surface area contributed by atoms with E-state index in [2.05, 4.69) is 10.6 Å². The first-order valence-electron chi connectivity index (χ1n) is 7.89. The number of hydrogen-bond donors (Lipinski definition) is 2. The fourth-order valence-corrected chi connectivity index (χ4v) is 2.33. The summed E-state index contributed by atoms with van der Waals surface area (Å²) in [6.07, 6.45) is 0.910. The summed E-state index contributed by atoms with van der Waals surface area (Å²) >= 11 is 0. The molecule has 0 heterocycles. The van der Waals surface area contributed by atoms with E-state index in [0.717, 1.165) is 5.56 Å². The van der Waals surface area contributed by atoms with Crippen LogP contribution in [-0.4, -0.2) is 26.0 Å². The molecule has 0 unspecified atom stereocenters. The third-order valence-electron chi connectivity index (χ3n) is 3.54. The molecule has 2 N–H and O–H groups in total. The fourth-order valence-electron chi connectivity index (χ4n) is 2.33. The molecular formula is C19H22N2O4. The minimum Gasteiger partial charge on any atom is -0.497 e. The summed E-state index contributed by atoms with van der Waals surface area (Å²) in [6, 6.07) is 12.5. The van der Waals surface area contributed by atoms with E-state index in [9.17, 15) is 9.59 Å². The molecule has 0 saturated heterocycles. The van der Waals surface area contributed by atoms with Crippen molar-refractivity contribution in [2.24, 2.45) is 0 Å². The Hall–Kier alpha value is -3.02. The standard InChI is InChI=1S/C19H22N2O4/c1-13(22)20-15-5-7-16(8-6-15)21-19(23)9-4-14-10-17(24-2)12-18(11-14)25-3/h5-8,10-12H,4,9H2,1-3H3,(H,20,22)(H,21,23). The summed E-state index contributed by atoms with van der Waals surface area (Å²) < 4.78 is 10.5. The quantitative estimate of drug-likeness (QED) is 0.810. The number of benzene rings is 2. The van der Waals surface area contributed by atoms with Crippen molar-refractivity contribution in [3.8, 4) is 11.5 Å². The molecule has 6 nitrogen and oxygen atoms in total. The van der Waals surface area contributed by atoms with E-state index >= 15 is 0 Å². The summed E-state index contributed by atoms with van der Waals surface area (Å²) in [7, 11) is 3.19. The van der Waals surface area contributed by atoms with Crippen LogP contribution >= 0.6 is 0 Å². The predicted molar refractivity (Wildman–Crippen MR) is 97.2 cm³/mol. The van der Waals surface area contributed by atoms with Crippen molar-refractivity contribution < 1.29 is 19.1 Å². The number of carbonyl (C=O) groups excluding carboxylic acids is 2. The lowest BCUT2D eigenvalue weighted by Crippen LogP contribution is -2.12. The Morgan fingerprint density at radius 1 is 0.880 bits per heavy atom. The highest BCUT2D eigenvalue weighted by molar-refractivity contribution is 5.92. The van der Waals surface area contributed by atoms with E-state index in [1.807, 2.05) is 12.1 Å². The van der Waals surface area contributed by atoms with Crippen molar-refractivity contribution in [2.45, 2.75) is 19.8 Å². The van der Waals surface area contributed by atoms with Gasteiger partial charge in [0.1, 0.15) is 11.5 Å². The van der Waals surface area contributed by atoms with Gasteiger partial charge in [-0.2, -0.15) is 0 Å². The first-order chi connectivity index (χ1) is 12.0. The van der Waals surface area contributed by atoms with Crippen LogP contribution in [0.2, 0.25) is 0 Å². The summed E-state index contributed by atoms with van der Waals surface area (Å²) in [5.41, 5.74) is 2.34. The van der Waals surface area contributed by atoms with E-state index in [0.29, 0.717) is 35.7 Å². The number of nitrogens with one attached hydrogen (secondary N) is 2. The minimum absolute atomic E-state index is 0.0888. The molecule has 0 atom stereocenters. The SMILES string of the molecule is COc1cc(CCC(=O)Nc2ccc(NC(C)=O)cc2)cc(OC)c1. The summed E-state index contributed by atoms with van der Waals surface area (Å²) in [5.74, 6) is 1.17. The first-order valence-corrected chi connectivity index (χ1v) is 7.89. The number of ether oxygens (including phenoxy) is 2. The fraction of sp³-hybridized carbons (Fsp3) is 0.263. The zero-order valence-electron chi connectivity index (χ0n) is 14.6. The summed E-state index contributed by atoms with van der Waals surface area (Å²) in [4.78, 5) is 23.1. The molecule has 2 rings (SSSR count). The van der Waals surface area contributed by atoms with Crippen LogP contribution in [0.1, 0.15) is 18.9 Å². The third-order valence-corrected chi connectivity index (χ3v) is 3.54. The minimum atomic E-state index is -0.134. The van der Waals surface area contributed by atoms with Crippen LogP contribution in [-0.2, 0) is 16.0 Å². The Labute approximate surface area is 147 Å². The predicted octanol–water partition coefficient (Wildman–Crippen LogP) is 3.23. The van der Waals surface area contributed by atoms with Crippen molar-refractivity contribution in [1.29, 1.82) is 0 Å². The second-order valence-electron chi connectivity index (χ2n) is 5.53. The average molecular weight is 342 g/mol. The van der Waals surface area contributed by atoms with Crippen LogP contribution in [0.15, 0.2) is 42.5 Å². The van der Waals surface area contributed by atoms with E-state index in [-0.39, 0.29) is 11.8 Å². The lowest BCUT2D eigenvalue weighted by Gasteiger charge is -2.09. The highest BCUT2D eigenvalue weighted by Gasteiger charge is 2.07. The largest absolute Gasteiger partial charge is 0.497 e. The van der Waals surface area contributed by atoms with Gasteiger partial charge in [0, 0.05) is 30.8 Å². The van der Waals surface area contributed by atoms with Crippen LogP contribution in [0.4, 0.5) is 11.4 Å². The van der Waals surface area contributed by atoms with Crippen LogP contribution in [0.3, 0.4) is 0 Å². The molecule has 2 aromatic carbocycles. The van der Waals surface area contributed by atoms with Gasteiger partial charge in [-0.1, -0.05) is 0 Å².